The number of alkyl carbamates (subject to hydrolysis) is 1. The second kappa shape index (κ2) is 8.92. The quantitative estimate of drug-likeness (QED) is 0.861. The molecule has 1 fully saturated rings. The maximum Gasteiger partial charge on any atom is 0.410 e. The first-order chi connectivity index (χ1) is 12.3. The zero-order chi connectivity index (χ0) is 19.2. The molecule has 1 aliphatic heterocycles. The highest BCUT2D eigenvalue weighted by atomic mass is 16.6. The third-order valence-corrected chi connectivity index (χ3v) is 4.27. The first kappa shape index (κ1) is 20.1. The fourth-order valence-corrected chi connectivity index (χ4v) is 3.12. The van der Waals surface area contributed by atoms with Gasteiger partial charge in [-0.25, -0.2) is 9.59 Å². The van der Waals surface area contributed by atoms with Crippen LogP contribution < -0.4 is 5.32 Å². The fraction of sp³-hybridized carbons (Fsp3) is 0.600. The summed E-state index contributed by atoms with van der Waals surface area (Å²) in [6.45, 7) is 8.87. The Balaban J connectivity index is 1.90. The topological polar surface area (TPSA) is 67.9 Å². The highest BCUT2D eigenvalue weighted by Gasteiger charge is 2.37. The summed E-state index contributed by atoms with van der Waals surface area (Å²) in [5.41, 5.74) is 0.408. The molecule has 0 spiro atoms. The Morgan fingerprint density at radius 2 is 1.88 bits per heavy atom. The van der Waals surface area contributed by atoms with E-state index in [2.05, 4.69) is 12.2 Å². The Morgan fingerprint density at radius 1 is 1.19 bits per heavy atom. The predicted molar refractivity (Wildman–Crippen MR) is 99.8 cm³/mol. The standard InChI is InChI=1S/C20H30N2O4/c1-5-9-16-12-22(13-17(16)21-18(23)26-20(2,3)4)19(24)25-14-15-10-7-6-8-11-15/h6-8,10-11,16-17H,5,9,12-14H2,1-4H3,(H,21,23)/t16-,17+/m0/s1. The second-order valence-corrected chi connectivity index (χ2v) is 7.75. The number of ether oxygens (including phenoxy) is 2. The number of carbonyl (C=O) groups excluding carboxylic acids is 2. The molecule has 1 heterocycles. The van der Waals surface area contributed by atoms with Crippen LogP contribution in [0.25, 0.3) is 0 Å². The van der Waals surface area contributed by atoms with E-state index < -0.39 is 11.7 Å². The Hall–Kier alpha value is -2.24. The van der Waals surface area contributed by atoms with Crippen LogP contribution in [0.3, 0.4) is 0 Å². The van der Waals surface area contributed by atoms with E-state index in [-0.39, 0.29) is 24.7 Å². The normalized spacial score (nSPS) is 19.9. The molecule has 1 saturated heterocycles. The summed E-state index contributed by atoms with van der Waals surface area (Å²) in [4.78, 5) is 26.1. The van der Waals surface area contributed by atoms with E-state index in [1.807, 2.05) is 51.1 Å². The van der Waals surface area contributed by atoms with Crippen LogP contribution in [0.2, 0.25) is 0 Å². The summed E-state index contributed by atoms with van der Waals surface area (Å²) in [5, 5.41) is 2.92. The van der Waals surface area contributed by atoms with Crippen LogP contribution in [-0.4, -0.2) is 41.8 Å². The van der Waals surface area contributed by atoms with Gasteiger partial charge in [-0.15, -0.1) is 0 Å². The van der Waals surface area contributed by atoms with Gasteiger partial charge in [-0.2, -0.15) is 0 Å². The highest BCUT2D eigenvalue weighted by molar-refractivity contribution is 5.70. The van der Waals surface area contributed by atoms with Crippen molar-refractivity contribution in [2.75, 3.05) is 13.1 Å². The van der Waals surface area contributed by atoms with Gasteiger partial charge in [0.25, 0.3) is 0 Å². The number of amides is 2. The molecule has 0 unspecified atom stereocenters. The van der Waals surface area contributed by atoms with Gasteiger partial charge in [0.05, 0.1) is 6.04 Å². The molecule has 6 heteroatoms. The Bertz CT molecular complexity index is 598. The number of carbonyl (C=O) groups is 2. The van der Waals surface area contributed by atoms with Crippen LogP contribution >= 0.6 is 0 Å². The Kier molecular flexibility index (Phi) is 6.89. The molecule has 2 amide bonds. The van der Waals surface area contributed by atoms with Gasteiger partial charge in [0.15, 0.2) is 0 Å². The van der Waals surface area contributed by atoms with Gasteiger partial charge >= 0.3 is 12.2 Å². The summed E-state index contributed by atoms with van der Waals surface area (Å²) in [6.07, 6.45) is 1.14. The molecule has 26 heavy (non-hydrogen) atoms. The zero-order valence-electron chi connectivity index (χ0n) is 16.2. The number of benzene rings is 1. The third-order valence-electron chi connectivity index (χ3n) is 4.27. The number of hydrogen-bond acceptors (Lipinski definition) is 4. The maximum atomic E-state index is 12.4. The van der Waals surface area contributed by atoms with E-state index in [1.165, 1.54) is 0 Å². The van der Waals surface area contributed by atoms with Gasteiger partial charge in [0.1, 0.15) is 12.2 Å². The predicted octanol–water partition coefficient (Wildman–Crippen LogP) is 3.95. The molecule has 0 bridgehead atoms. The van der Waals surface area contributed by atoms with Crippen LogP contribution in [-0.2, 0) is 16.1 Å². The van der Waals surface area contributed by atoms with E-state index >= 15 is 0 Å². The van der Waals surface area contributed by atoms with Crippen LogP contribution in [0.4, 0.5) is 9.59 Å². The molecule has 1 aliphatic rings. The molecule has 0 aliphatic carbocycles. The van der Waals surface area contributed by atoms with Gasteiger partial charge in [-0.3, -0.25) is 0 Å². The van der Waals surface area contributed by atoms with Gasteiger partial charge in [0, 0.05) is 13.1 Å². The summed E-state index contributed by atoms with van der Waals surface area (Å²) >= 11 is 0. The van der Waals surface area contributed by atoms with Crippen molar-refractivity contribution < 1.29 is 19.1 Å². The Morgan fingerprint density at radius 3 is 2.50 bits per heavy atom. The molecule has 144 valence electrons. The number of hydrogen-bond donors (Lipinski definition) is 1. The van der Waals surface area contributed by atoms with Crippen molar-refractivity contribution in [3.8, 4) is 0 Å². The van der Waals surface area contributed by atoms with Crippen molar-refractivity contribution in [2.45, 2.75) is 58.8 Å². The lowest BCUT2D eigenvalue weighted by Gasteiger charge is -2.23. The average molecular weight is 362 g/mol. The molecule has 1 aromatic rings. The molecular formula is C20H30N2O4. The van der Waals surface area contributed by atoms with Crippen molar-refractivity contribution >= 4 is 12.2 Å². The monoisotopic (exact) mass is 362 g/mol. The van der Waals surface area contributed by atoms with Crippen LogP contribution in [0.5, 0.6) is 0 Å². The average Bonchev–Trinajstić information content (AvgIpc) is 2.95. The van der Waals surface area contributed by atoms with E-state index in [0.29, 0.717) is 13.1 Å². The largest absolute Gasteiger partial charge is 0.445 e. The summed E-state index contributed by atoms with van der Waals surface area (Å²) in [5.74, 6) is 0.205. The molecule has 0 saturated carbocycles. The molecule has 6 nitrogen and oxygen atoms in total. The Labute approximate surface area is 155 Å². The van der Waals surface area contributed by atoms with Gasteiger partial charge < -0.3 is 19.7 Å². The van der Waals surface area contributed by atoms with E-state index in [1.54, 1.807) is 4.90 Å². The first-order valence-corrected chi connectivity index (χ1v) is 9.23. The van der Waals surface area contributed by atoms with Gasteiger partial charge in [-0.1, -0.05) is 43.7 Å². The molecule has 1 N–H and O–H groups in total. The number of nitrogens with zero attached hydrogens (tertiary/aromatic N) is 1. The van der Waals surface area contributed by atoms with Crippen molar-refractivity contribution in [1.29, 1.82) is 0 Å². The minimum Gasteiger partial charge on any atom is -0.445 e. The lowest BCUT2D eigenvalue weighted by Crippen LogP contribution is -2.43. The minimum absolute atomic E-state index is 0.117. The lowest BCUT2D eigenvalue weighted by molar-refractivity contribution is 0.0492. The fourth-order valence-electron chi connectivity index (χ4n) is 3.12. The molecule has 0 aromatic heterocycles. The van der Waals surface area contributed by atoms with Crippen molar-refractivity contribution in [3.63, 3.8) is 0 Å². The van der Waals surface area contributed by atoms with Crippen LogP contribution in [0.1, 0.15) is 46.1 Å². The van der Waals surface area contributed by atoms with Crippen molar-refractivity contribution in [2.24, 2.45) is 5.92 Å². The number of nitrogens with one attached hydrogen (secondary N) is 1. The molecule has 0 radical (unpaired) electrons. The summed E-state index contributed by atoms with van der Waals surface area (Å²) < 4.78 is 10.8. The summed E-state index contributed by atoms with van der Waals surface area (Å²) in [7, 11) is 0. The van der Waals surface area contributed by atoms with Crippen LogP contribution in [0, 0.1) is 5.92 Å². The third kappa shape index (κ3) is 6.24. The summed E-state index contributed by atoms with van der Waals surface area (Å²) in [6, 6.07) is 9.48. The maximum absolute atomic E-state index is 12.4. The highest BCUT2D eigenvalue weighted by Crippen LogP contribution is 2.23. The van der Waals surface area contributed by atoms with E-state index in [0.717, 1.165) is 18.4 Å². The van der Waals surface area contributed by atoms with E-state index in [4.69, 9.17) is 9.47 Å². The number of likely N-dealkylation sites (tertiary alicyclic amines) is 1. The molecule has 2 atom stereocenters. The minimum atomic E-state index is -0.544. The van der Waals surface area contributed by atoms with Crippen LogP contribution in [0.15, 0.2) is 30.3 Å². The first-order valence-electron chi connectivity index (χ1n) is 9.23. The van der Waals surface area contributed by atoms with Gasteiger partial charge in [0.2, 0.25) is 0 Å². The van der Waals surface area contributed by atoms with Crippen molar-refractivity contribution in [1.82, 2.24) is 10.2 Å². The van der Waals surface area contributed by atoms with Gasteiger partial charge in [-0.05, 0) is 38.7 Å². The van der Waals surface area contributed by atoms with E-state index in [9.17, 15) is 9.59 Å². The molecular weight excluding hydrogens is 332 g/mol. The second-order valence-electron chi connectivity index (χ2n) is 7.75. The lowest BCUT2D eigenvalue weighted by atomic mass is 9.98. The smallest absolute Gasteiger partial charge is 0.410 e. The number of rotatable bonds is 5. The van der Waals surface area contributed by atoms with Crippen molar-refractivity contribution in [3.05, 3.63) is 35.9 Å². The molecule has 2 rings (SSSR count). The molecule has 1 aromatic carbocycles. The zero-order valence-corrected chi connectivity index (χ0v) is 16.2. The SMILES string of the molecule is CCC[C@H]1CN(C(=O)OCc2ccccc2)C[C@H]1NC(=O)OC(C)(C)C.